The third-order valence-electron chi connectivity index (χ3n) is 4.22. The van der Waals surface area contributed by atoms with Crippen LogP contribution in [0.2, 0.25) is 0 Å². The highest BCUT2D eigenvalue weighted by Gasteiger charge is 2.35. The largest absolute Gasteiger partial charge is 0.476 e. The second-order valence-corrected chi connectivity index (χ2v) is 7.77. The van der Waals surface area contributed by atoms with Gasteiger partial charge in [-0.05, 0) is 24.3 Å². The SMILES string of the molecule is N#Cc1cccc(-n2nc(C(=O)O)c3c2-c2ccccc2S(=O)(=O)C3)c1. The van der Waals surface area contributed by atoms with Crippen molar-refractivity contribution >= 4 is 15.8 Å². The van der Waals surface area contributed by atoms with Crippen molar-refractivity contribution in [3.63, 3.8) is 0 Å². The van der Waals surface area contributed by atoms with E-state index in [9.17, 15) is 18.3 Å². The number of nitrogens with zero attached hydrogens (tertiary/aromatic N) is 3. The van der Waals surface area contributed by atoms with Crippen LogP contribution in [-0.4, -0.2) is 29.3 Å². The van der Waals surface area contributed by atoms with Gasteiger partial charge in [-0.3, -0.25) is 0 Å². The fraction of sp³-hybridized carbons (Fsp3) is 0.0556. The second kappa shape index (κ2) is 5.54. The van der Waals surface area contributed by atoms with E-state index in [0.29, 0.717) is 22.5 Å². The van der Waals surface area contributed by atoms with E-state index >= 15 is 0 Å². The summed E-state index contributed by atoms with van der Waals surface area (Å²) in [6.45, 7) is 0. The van der Waals surface area contributed by atoms with E-state index in [1.165, 1.54) is 10.7 Å². The fourth-order valence-electron chi connectivity index (χ4n) is 3.13. The van der Waals surface area contributed by atoms with E-state index in [-0.39, 0.29) is 16.2 Å². The third kappa shape index (κ3) is 2.29. The van der Waals surface area contributed by atoms with Gasteiger partial charge in [0.15, 0.2) is 15.5 Å². The maximum atomic E-state index is 12.6. The monoisotopic (exact) mass is 365 g/mol. The van der Waals surface area contributed by atoms with Gasteiger partial charge >= 0.3 is 5.97 Å². The van der Waals surface area contributed by atoms with Gasteiger partial charge in [0.25, 0.3) is 0 Å². The van der Waals surface area contributed by atoms with Crippen LogP contribution < -0.4 is 0 Å². The molecule has 4 rings (SSSR count). The molecule has 0 amide bonds. The normalized spacial score (nSPS) is 14.1. The van der Waals surface area contributed by atoms with Crippen LogP contribution in [0.5, 0.6) is 0 Å². The fourth-order valence-corrected chi connectivity index (χ4v) is 4.73. The standard InChI is InChI=1S/C18H11N3O4S/c19-9-11-4-3-5-12(8-11)21-17-13-6-1-2-7-15(13)26(24,25)10-14(17)16(20-21)18(22)23/h1-8H,10H2,(H,22,23). The highest BCUT2D eigenvalue weighted by atomic mass is 32.2. The van der Waals surface area contributed by atoms with Crippen LogP contribution in [0.4, 0.5) is 0 Å². The summed E-state index contributed by atoms with van der Waals surface area (Å²) in [4.78, 5) is 11.8. The molecule has 0 radical (unpaired) electrons. The van der Waals surface area contributed by atoms with Crippen molar-refractivity contribution in [2.24, 2.45) is 0 Å². The molecule has 2 heterocycles. The Morgan fingerprint density at radius 3 is 2.69 bits per heavy atom. The van der Waals surface area contributed by atoms with Gasteiger partial charge < -0.3 is 5.11 Å². The number of hydrogen-bond donors (Lipinski definition) is 1. The van der Waals surface area contributed by atoms with Gasteiger partial charge in [-0.15, -0.1) is 0 Å². The molecule has 1 N–H and O–H groups in total. The number of carbonyl (C=O) groups is 1. The van der Waals surface area contributed by atoms with E-state index < -0.39 is 21.6 Å². The molecular formula is C18H11N3O4S. The first kappa shape index (κ1) is 16.1. The smallest absolute Gasteiger partial charge is 0.356 e. The lowest BCUT2D eigenvalue weighted by molar-refractivity contribution is 0.0689. The Kier molecular flexibility index (Phi) is 3.42. The minimum Gasteiger partial charge on any atom is -0.476 e. The number of hydrogen-bond acceptors (Lipinski definition) is 5. The number of aromatic carboxylic acids is 1. The topological polar surface area (TPSA) is 113 Å². The van der Waals surface area contributed by atoms with Gasteiger partial charge in [0, 0.05) is 11.1 Å². The van der Waals surface area contributed by atoms with Crippen molar-refractivity contribution in [3.8, 4) is 23.0 Å². The van der Waals surface area contributed by atoms with Crippen molar-refractivity contribution in [3.05, 3.63) is 65.4 Å². The molecule has 0 unspecified atom stereocenters. The molecule has 0 fully saturated rings. The Labute approximate surface area is 148 Å². The molecule has 0 aliphatic carbocycles. The third-order valence-corrected chi connectivity index (χ3v) is 5.91. The van der Waals surface area contributed by atoms with Crippen LogP contribution in [0.3, 0.4) is 0 Å². The van der Waals surface area contributed by atoms with E-state index in [2.05, 4.69) is 5.10 Å². The van der Waals surface area contributed by atoms with Crippen molar-refractivity contribution in [2.45, 2.75) is 10.6 Å². The quantitative estimate of drug-likeness (QED) is 0.746. The van der Waals surface area contributed by atoms with E-state index in [4.69, 9.17) is 5.26 Å². The van der Waals surface area contributed by atoms with Gasteiger partial charge in [0.1, 0.15) is 0 Å². The van der Waals surface area contributed by atoms with Gasteiger partial charge in [0.2, 0.25) is 0 Å². The molecule has 0 bridgehead atoms. The number of aromatic nitrogens is 2. The molecule has 2 aromatic carbocycles. The molecule has 0 saturated carbocycles. The minimum atomic E-state index is -3.66. The van der Waals surface area contributed by atoms with E-state index in [0.717, 1.165) is 0 Å². The Hall–Kier alpha value is -3.44. The summed E-state index contributed by atoms with van der Waals surface area (Å²) in [5, 5.41) is 22.8. The number of fused-ring (bicyclic) bond motifs is 3. The van der Waals surface area contributed by atoms with Gasteiger partial charge in [-0.25, -0.2) is 17.9 Å². The van der Waals surface area contributed by atoms with Crippen LogP contribution in [0.1, 0.15) is 21.6 Å². The van der Waals surface area contributed by atoms with Crippen LogP contribution in [0.25, 0.3) is 16.9 Å². The van der Waals surface area contributed by atoms with Crippen molar-refractivity contribution in [1.29, 1.82) is 5.26 Å². The lowest BCUT2D eigenvalue weighted by Crippen LogP contribution is -2.15. The predicted molar refractivity (Wildman–Crippen MR) is 91.6 cm³/mol. The summed E-state index contributed by atoms with van der Waals surface area (Å²) in [5.74, 6) is -1.73. The zero-order chi connectivity index (χ0) is 18.5. The van der Waals surface area contributed by atoms with Crippen LogP contribution in [-0.2, 0) is 15.6 Å². The first-order valence-corrected chi connectivity index (χ1v) is 9.25. The lowest BCUT2D eigenvalue weighted by atomic mass is 10.1. The Balaban J connectivity index is 2.10. The number of carboxylic acids is 1. The zero-order valence-corrected chi connectivity index (χ0v) is 14.1. The van der Waals surface area contributed by atoms with Gasteiger partial charge in [-0.1, -0.05) is 24.3 Å². The maximum absolute atomic E-state index is 12.6. The molecule has 1 aliphatic rings. The summed E-state index contributed by atoms with van der Waals surface area (Å²) < 4.78 is 26.6. The Bertz CT molecular complexity index is 1220. The molecule has 1 aromatic heterocycles. The summed E-state index contributed by atoms with van der Waals surface area (Å²) in [6, 6.07) is 15.0. The molecule has 0 saturated heterocycles. The van der Waals surface area contributed by atoms with E-state index in [1.807, 2.05) is 6.07 Å². The number of carboxylic acid groups (broad SMARTS) is 1. The molecule has 0 atom stereocenters. The highest BCUT2D eigenvalue weighted by Crippen LogP contribution is 2.40. The van der Waals surface area contributed by atoms with Crippen molar-refractivity contribution in [2.75, 3.05) is 0 Å². The van der Waals surface area contributed by atoms with E-state index in [1.54, 1.807) is 42.5 Å². The molecule has 1 aliphatic heterocycles. The average Bonchev–Trinajstić information content (AvgIpc) is 3.01. The summed E-state index contributed by atoms with van der Waals surface area (Å²) in [7, 11) is -3.66. The minimum absolute atomic E-state index is 0.141. The molecular weight excluding hydrogens is 354 g/mol. The van der Waals surface area contributed by atoms with Crippen LogP contribution in [0, 0.1) is 11.3 Å². The molecule has 3 aromatic rings. The number of nitriles is 1. The first-order valence-electron chi connectivity index (χ1n) is 7.60. The van der Waals surface area contributed by atoms with Gasteiger partial charge in [-0.2, -0.15) is 10.4 Å². The summed E-state index contributed by atoms with van der Waals surface area (Å²) >= 11 is 0. The lowest BCUT2D eigenvalue weighted by Gasteiger charge is -2.18. The number of rotatable bonds is 2. The molecule has 0 spiro atoms. The average molecular weight is 365 g/mol. The number of sulfone groups is 1. The number of benzene rings is 2. The van der Waals surface area contributed by atoms with Crippen molar-refractivity contribution < 1.29 is 18.3 Å². The maximum Gasteiger partial charge on any atom is 0.356 e. The van der Waals surface area contributed by atoms with Crippen molar-refractivity contribution in [1.82, 2.24) is 9.78 Å². The zero-order valence-electron chi connectivity index (χ0n) is 13.2. The highest BCUT2D eigenvalue weighted by molar-refractivity contribution is 7.90. The molecule has 7 nitrogen and oxygen atoms in total. The summed E-state index contributed by atoms with van der Waals surface area (Å²) in [6.07, 6.45) is 0. The second-order valence-electron chi connectivity index (χ2n) is 5.81. The van der Waals surface area contributed by atoms with Gasteiger partial charge in [0.05, 0.1) is 33.7 Å². The summed E-state index contributed by atoms with van der Waals surface area (Å²) in [5.41, 5.74) is 1.54. The molecule has 8 heteroatoms. The molecule has 128 valence electrons. The van der Waals surface area contributed by atoms with Crippen LogP contribution in [0.15, 0.2) is 53.4 Å². The molecule has 26 heavy (non-hydrogen) atoms. The predicted octanol–water partition coefficient (Wildman–Crippen LogP) is 2.40. The Morgan fingerprint density at radius 1 is 1.19 bits per heavy atom. The Morgan fingerprint density at radius 2 is 1.96 bits per heavy atom. The first-order chi connectivity index (χ1) is 12.4. The van der Waals surface area contributed by atoms with Crippen LogP contribution >= 0.6 is 0 Å².